The Morgan fingerprint density at radius 2 is 1.74 bits per heavy atom. The number of amides is 1. The molecule has 1 fully saturated rings. The van der Waals surface area contributed by atoms with Gasteiger partial charge in [-0.05, 0) is 72.8 Å². The molecule has 0 bridgehead atoms. The smallest absolute Gasteiger partial charge is 0.255 e. The summed E-state index contributed by atoms with van der Waals surface area (Å²) in [5, 5.41) is 16.0. The highest BCUT2D eigenvalue weighted by Gasteiger charge is 2.46. The van der Waals surface area contributed by atoms with Gasteiger partial charge >= 0.3 is 0 Å². The number of hydrogen-bond acceptors (Lipinski definition) is 3. The maximum absolute atomic E-state index is 14.0. The van der Waals surface area contributed by atoms with Crippen LogP contribution in [0.2, 0.25) is 15.1 Å². The molecular formula is C30H30Cl3FN2O2. The van der Waals surface area contributed by atoms with Crippen molar-refractivity contribution < 1.29 is 14.3 Å². The number of aliphatic hydroxyl groups is 1. The van der Waals surface area contributed by atoms with E-state index >= 15 is 0 Å². The molecule has 2 N–H and O–H groups in total. The molecule has 8 heteroatoms. The summed E-state index contributed by atoms with van der Waals surface area (Å²) in [5.41, 5.74) is 3.27. The lowest BCUT2D eigenvalue weighted by molar-refractivity contribution is -0.00609. The van der Waals surface area contributed by atoms with Crippen LogP contribution >= 0.6 is 34.8 Å². The van der Waals surface area contributed by atoms with E-state index in [2.05, 4.69) is 5.32 Å². The van der Waals surface area contributed by atoms with Gasteiger partial charge in [0.1, 0.15) is 5.82 Å². The Hall–Kier alpha value is -2.15. The van der Waals surface area contributed by atoms with Gasteiger partial charge in [0.05, 0.1) is 18.2 Å². The number of rotatable bonds is 7. The second-order valence-electron chi connectivity index (χ2n) is 10.1. The van der Waals surface area contributed by atoms with Crippen LogP contribution < -0.4 is 5.32 Å². The lowest BCUT2D eigenvalue weighted by Crippen LogP contribution is -2.54. The second kappa shape index (κ2) is 11.9. The second-order valence-corrected chi connectivity index (χ2v) is 11.4. The number of benzene rings is 3. The molecule has 0 saturated heterocycles. The number of halogens is 4. The molecule has 4 nitrogen and oxygen atoms in total. The monoisotopic (exact) mass is 574 g/mol. The molecule has 0 aromatic heterocycles. The van der Waals surface area contributed by atoms with Gasteiger partial charge < -0.3 is 15.3 Å². The molecule has 200 valence electrons. The van der Waals surface area contributed by atoms with Crippen LogP contribution in [0.3, 0.4) is 0 Å². The normalized spacial score (nSPS) is 23.4. The van der Waals surface area contributed by atoms with Gasteiger partial charge in [-0.3, -0.25) is 4.79 Å². The van der Waals surface area contributed by atoms with Gasteiger partial charge in [0.15, 0.2) is 0 Å². The van der Waals surface area contributed by atoms with E-state index in [0.717, 1.165) is 36.0 Å². The lowest BCUT2D eigenvalue weighted by atomic mass is 9.77. The third-order valence-electron chi connectivity index (χ3n) is 7.79. The molecule has 3 aromatic carbocycles. The minimum atomic E-state index is -0.597. The quantitative estimate of drug-likeness (QED) is 0.293. The molecule has 1 aliphatic heterocycles. The van der Waals surface area contributed by atoms with Crippen LogP contribution in [-0.4, -0.2) is 41.1 Å². The van der Waals surface area contributed by atoms with Crippen molar-refractivity contribution in [3.8, 4) is 0 Å². The summed E-state index contributed by atoms with van der Waals surface area (Å²) in [5.74, 6) is -0.569. The maximum atomic E-state index is 14.0. The number of nitrogens with zero attached hydrogens (tertiary/aromatic N) is 1. The molecule has 4 atom stereocenters. The summed E-state index contributed by atoms with van der Waals surface area (Å²) in [7, 11) is 0. The van der Waals surface area contributed by atoms with E-state index in [-0.39, 0.29) is 29.7 Å². The number of carbonyl (C=O) groups is 1. The molecule has 1 aliphatic carbocycles. The molecule has 2 aliphatic rings. The Kier molecular flexibility index (Phi) is 8.61. The van der Waals surface area contributed by atoms with Crippen molar-refractivity contribution in [1.82, 2.24) is 10.2 Å². The van der Waals surface area contributed by atoms with Crippen molar-refractivity contribution in [3.05, 3.63) is 104 Å². The van der Waals surface area contributed by atoms with Crippen LogP contribution in [0.5, 0.6) is 0 Å². The number of nitrogens with one attached hydrogen (secondary N) is 1. The molecule has 1 amide bonds. The Balaban J connectivity index is 1.50. The van der Waals surface area contributed by atoms with Gasteiger partial charge in [-0.15, -0.1) is 0 Å². The number of fused-ring (bicyclic) bond motifs is 1. The fraction of sp³-hybridized carbons (Fsp3) is 0.367. The predicted molar refractivity (Wildman–Crippen MR) is 151 cm³/mol. The first-order valence-corrected chi connectivity index (χ1v) is 14.2. The standard InChI is InChI=1S/C30H30Cl3FN2O2/c31-19-10-12-23(26(33)15-19)29-24(17-35-14-13-18-9-11-20(34)16-25(18)32)21-5-1-2-6-22(21)30(38)36(29)27-7-3-4-8-28(27)37/h1-2,5-6,9-12,15-16,24,27-29,35,37H,3-4,7-8,13-14,17H2/t24-,27+,28+,29+/m1/s1. The highest BCUT2D eigenvalue weighted by molar-refractivity contribution is 6.35. The first-order chi connectivity index (χ1) is 18.3. The highest BCUT2D eigenvalue weighted by atomic mass is 35.5. The van der Waals surface area contributed by atoms with E-state index in [0.29, 0.717) is 46.6 Å². The van der Waals surface area contributed by atoms with Gasteiger partial charge in [-0.25, -0.2) is 4.39 Å². The zero-order chi connectivity index (χ0) is 26.8. The SMILES string of the molecule is O=C1c2ccccc2[C@@H](CNCCc2ccc(F)cc2Cl)[C@H](c2ccc(Cl)cc2Cl)N1[C@H]1CCCC[C@@H]1O. The molecule has 3 aromatic rings. The summed E-state index contributed by atoms with van der Waals surface area (Å²) >= 11 is 19.2. The predicted octanol–water partition coefficient (Wildman–Crippen LogP) is 7.20. The van der Waals surface area contributed by atoms with Crippen LogP contribution in [0.15, 0.2) is 60.7 Å². The van der Waals surface area contributed by atoms with E-state index in [1.54, 1.807) is 18.2 Å². The molecule has 5 rings (SSSR count). The van der Waals surface area contributed by atoms with E-state index in [1.165, 1.54) is 12.1 Å². The lowest BCUT2D eigenvalue weighted by Gasteiger charge is -2.49. The van der Waals surface area contributed by atoms with Crippen molar-refractivity contribution in [3.63, 3.8) is 0 Å². The fourth-order valence-electron chi connectivity index (χ4n) is 5.95. The molecule has 0 unspecified atom stereocenters. The van der Waals surface area contributed by atoms with E-state index in [1.807, 2.05) is 35.2 Å². The molecule has 1 heterocycles. The third kappa shape index (κ3) is 5.59. The van der Waals surface area contributed by atoms with Crippen molar-refractivity contribution in [1.29, 1.82) is 0 Å². The minimum absolute atomic E-state index is 0.0862. The Bertz CT molecular complexity index is 1320. The van der Waals surface area contributed by atoms with Gasteiger partial charge in [-0.2, -0.15) is 0 Å². The molecule has 38 heavy (non-hydrogen) atoms. The van der Waals surface area contributed by atoms with Gasteiger partial charge in [-0.1, -0.05) is 78.0 Å². The van der Waals surface area contributed by atoms with Crippen LogP contribution in [0, 0.1) is 5.82 Å². The summed E-state index contributed by atoms with van der Waals surface area (Å²) in [6.07, 6.45) is 3.33. The van der Waals surface area contributed by atoms with E-state index in [4.69, 9.17) is 34.8 Å². The topological polar surface area (TPSA) is 52.6 Å². The van der Waals surface area contributed by atoms with Crippen LogP contribution in [0.4, 0.5) is 4.39 Å². The van der Waals surface area contributed by atoms with Gasteiger partial charge in [0, 0.05) is 33.1 Å². The first kappa shape index (κ1) is 27.4. The van der Waals surface area contributed by atoms with Crippen molar-refractivity contribution in [2.45, 2.75) is 56.2 Å². The average Bonchev–Trinajstić information content (AvgIpc) is 2.89. The summed E-state index contributed by atoms with van der Waals surface area (Å²) in [6, 6.07) is 16.8. The molecular weight excluding hydrogens is 546 g/mol. The van der Waals surface area contributed by atoms with Crippen LogP contribution in [0.1, 0.15) is 64.7 Å². The fourth-order valence-corrected chi connectivity index (χ4v) is 6.73. The maximum Gasteiger partial charge on any atom is 0.255 e. The largest absolute Gasteiger partial charge is 0.391 e. The summed E-state index contributed by atoms with van der Waals surface area (Å²) in [4.78, 5) is 15.9. The Morgan fingerprint density at radius 3 is 2.50 bits per heavy atom. The van der Waals surface area contributed by atoms with E-state index < -0.39 is 6.10 Å². The molecule has 0 spiro atoms. The number of aliphatic hydroxyl groups excluding tert-OH is 1. The number of hydrogen-bond donors (Lipinski definition) is 2. The van der Waals surface area contributed by atoms with Crippen molar-refractivity contribution in [2.24, 2.45) is 0 Å². The van der Waals surface area contributed by atoms with E-state index in [9.17, 15) is 14.3 Å². The van der Waals surface area contributed by atoms with Gasteiger partial charge in [0.25, 0.3) is 5.91 Å². The summed E-state index contributed by atoms with van der Waals surface area (Å²) < 4.78 is 13.5. The highest BCUT2D eigenvalue weighted by Crippen LogP contribution is 2.47. The Morgan fingerprint density at radius 1 is 0.947 bits per heavy atom. The molecule has 1 saturated carbocycles. The first-order valence-electron chi connectivity index (χ1n) is 13.0. The van der Waals surface area contributed by atoms with Gasteiger partial charge in [0.2, 0.25) is 0 Å². The zero-order valence-corrected chi connectivity index (χ0v) is 23.1. The van der Waals surface area contributed by atoms with Crippen molar-refractivity contribution in [2.75, 3.05) is 13.1 Å². The summed E-state index contributed by atoms with van der Waals surface area (Å²) in [6.45, 7) is 1.18. The third-order valence-corrected chi connectivity index (χ3v) is 8.70. The van der Waals surface area contributed by atoms with Crippen molar-refractivity contribution >= 4 is 40.7 Å². The van der Waals surface area contributed by atoms with Crippen LogP contribution in [0.25, 0.3) is 0 Å². The van der Waals surface area contributed by atoms with Crippen LogP contribution in [-0.2, 0) is 6.42 Å². The minimum Gasteiger partial charge on any atom is -0.391 e. The number of carbonyl (C=O) groups excluding carboxylic acids is 1. The molecule has 0 radical (unpaired) electrons. The zero-order valence-electron chi connectivity index (χ0n) is 20.8. The Labute approximate surface area is 237 Å². The average molecular weight is 576 g/mol.